The van der Waals surface area contributed by atoms with Gasteiger partial charge in [0.1, 0.15) is 0 Å². The largest absolute Gasteiger partial charge is 0.469 e. The minimum absolute atomic E-state index is 0.0625. The zero-order valence-electron chi connectivity index (χ0n) is 25.7. The van der Waals surface area contributed by atoms with E-state index in [2.05, 4.69) is 56.3 Å². The Morgan fingerprint density at radius 2 is 1.79 bits per heavy atom. The van der Waals surface area contributed by atoms with Crippen LogP contribution in [0, 0.1) is 11.3 Å². The Labute approximate surface area is 260 Å². The third kappa shape index (κ3) is 5.13. The van der Waals surface area contributed by atoms with Crippen LogP contribution in [-0.4, -0.2) is 37.0 Å². The summed E-state index contributed by atoms with van der Waals surface area (Å²) in [6.45, 7) is 11.6. The normalized spacial score (nSPS) is 24.7. The van der Waals surface area contributed by atoms with Crippen molar-refractivity contribution in [2.24, 2.45) is 11.3 Å². The molecule has 3 aromatic carbocycles. The van der Waals surface area contributed by atoms with Crippen LogP contribution in [0.25, 0.3) is 10.8 Å². The van der Waals surface area contributed by atoms with Crippen LogP contribution in [0.5, 0.6) is 0 Å². The number of hydrogen-bond donors (Lipinski definition) is 0. The van der Waals surface area contributed by atoms with Crippen molar-refractivity contribution >= 4 is 45.9 Å². The van der Waals surface area contributed by atoms with E-state index in [0.717, 1.165) is 43.2 Å². The van der Waals surface area contributed by atoms with Crippen LogP contribution >= 0.6 is 23.2 Å². The highest BCUT2D eigenvalue weighted by Gasteiger charge is 2.57. The molecule has 0 saturated heterocycles. The smallest absolute Gasteiger partial charge is 0.311 e. The highest BCUT2D eigenvalue weighted by atomic mass is 35.5. The molecule has 1 heterocycles. The predicted molar refractivity (Wildman–Crippen MR) is 173 cm³/mol. The molecule has 224 valence electrons. The molecular weight excluding hydrogens is 565 g/mol. The third-order valence-electron chi connectivity index (χ3n) is 10.4. The fourth-order valence-corrected chi connectivity index (χ4v) is 8.91. The van der Waals surface area contributed by atoms with Crippen molar-refractivity contribution in [1.29, 1.82) is 0 Å². The maximum Gasteiger partial charge on any atom is 0.311 e. The van der Waals surface area contributed by atoms with Gasteiger partial charge < -0.3 is 9.64 Å². The number of rotatable bonds is 7. The van der Waals surface area contributed by atoms with E-state index in [-0.39, 0.29) is 23.7 Å². The first-order valence-electron chi connectivity index (χ1n) is 15.3. The molecule has 0 aromatic heterocycles. The molecule has 42 heavy (non-hydrogen) atoms. The van der Waals surface area contributed by atoms with Gasteiger partial charge in [0.25, 0.3) is 5.91 Å². The van der Waals surface area contributed by atoms with E-state index < -0.39 is 10.8 Å². The third-order valence-corrected chi connectivity index (χ3v) is 11.1. The first-order valence-corrected chi connectivity index (χ1v) is 16.1. The number of carbonyl (C=O) groups is 2. The van der Waals surface area contributed by atoms with E-state index in [1.165, 1.54) is 23.4 Å². The van der Waals surface area contributed by atoms with E-state index in [1.807, 2.05) is 31.7 Å². The number of ether oxygens (including phenoxy) is 1. The van der Waals surface area contributed by atoms with E-state index in [1.54, 1.807) is 0 Å². The summed E-state index contributed by atoms with van der Waals surface area (Å²) in [5.41, 5.74) is 2.32. The Bertz CT molecular complexity index is 1520. The molecule has 1 aliphatic carbocycles. The van der Waals surface area contributed by atoms with Crippen molar-refractivity contribution in [1.82, 2.24) is 4.90 Å². The predicted octanol–water partition coefficient (Wildman–Crippen LogP) is 9.55. The lowest BCUT2D eigenvalue weighted by molar-refractivity contribution is -0.161. The molecule has 1 amide bonds. The second-order valence-electron chi connectivity index (χ2n) is 13.1. The molecule has 0 radical (unpaired) electrons. The monoisotopic (exact) mass is 607 g/mol. The van der Waals surface area contributed by atoms with Crippen LogP contribution in [0.4, 0.5) is 0 Å². The van der Waals surface area contributed by atoms with E-state index in [0.29, 0.717) is 34.6 Å². The molecule has 1 unspecified atom stereocenters. The molecule has 1 fully saturated rings. The van der Waals surface area contributed by atoms with Gasteiger partial charge in [0, 0.05) is 24.0 Å². The molecule has 6 heteroatoms. The van der Waals surface area contributed by atoms with Crippen molar-refractivity contribution in [2.75, 3.05) is 20.2 Å². The number of esters is 1. The lowest BCUT2D eigenvalue weighted by atomic mass is 9.53. The SMILES string of the molecule is CCC(CCN1C[C@H]2[C@](C)(C(=O)OC)CCC[C@]2(C)c2cc(Cl)c(C(C)C)c(Cl)c2C1=O)c1ccc2ccccc2c1. The number of benzene rings is 3. The second-order valence-corrected chi connectivity index (χ2v) is 13.9. The lowest BCUT2D eigenvalue weighted by Gasteiger charge is -2.51. The van der Waals surface area contributed by atoms with Crippen LogP contribution < -0.4 is 0 Å². The molecule has 1 saturated carbocycles. The number of methoxy groups -OCH3 is 1. The average molecular weight is 609 g/mol. The number of carbonyl (C=O) groups excluding carboxylic acids is 2. The van der Waals surface area contributed by atoms with Gasteiger partial charge in [0.05, 0.1) is 23.1 Å². The zero-order valence-corrected chi connectivity index (χ0v) is 27.2. The Balaban J connectivity index is 1.59. The number of amides is 1. The van der Waals surface area contributed by atoms with Gasteiger partial charge in [-0.15, -0.1) is 0 Å². The van der Waals surface area contributed by atoms with Crippen molar-refractivity contribution in [3.63, 3.8) is 0 Å². The summed E-state index contributed by atoms with van der Waals surface area (Å²) in [6.07, 6.45) is 4.20. The van der Waals surface area contributed by atoms with Gasteiger partial charge in [-0.1, -0.05) is 99.8 Å². The first-order chi connectivity index (χ1) is 20.0. The van der Waals surface area contributed by atoms with Crippen molar-refractivity contribution in [3.8, 4) is 0 Å². The fourth-order valence-electron chi connectivity index (χ4n) is 7.93. The zero-order chi connectivity index (χ0) is 30.4. The summed E-state index contributed by atoms with van der Waals surface area (Å²) in [5, 5.41) is 3.49. The molecule has 1 aliphatic heterocycles. The molecule has 0 spiro atoms. The molecule has 5 rings (SSSR count). The second kappa shape index (κ2) is 11.8. The van der Waals surface area contributed by atoms with E-state index in [4.69, 9.17) is 27.9 Å². The summed E-state index contributed by atoms with van der Waals surface area (Å²) in [5.74, 6) is -0.0685. The summed E-state index contributed by atoms with van der Waals surface area (Å²) in [4.78, 5) is 29.9. The number of fused-ring (bicyclic) bond motifs is 4. The van der Waals surface area contributed by atoms with Gasteiger partial charge in [-0.2, -0.15) is 0 Å². The van der Waals surface area contributed by atoms with Crippen LogP contribution in [-0.2, 0) is 14.9 Å². The van der Waals surface area contributed by atoms with Gasteiger partial charge in [-0.3, -0.25) is 9.59 Å². The summed E-state index contributed by atoms with van der Waals surface area (Å²) < 4.78 is 5.39. The van der Waals surface area contributed by atoms with Crippen LogP contribution in [0.2, 0.25) is 10.0 Å². The number of hydrogen-bond acceptors (Lipinski definition) is 3. The highest BCUT2D eigenvalue weighted by Crippen LogP contribution is 2.57. The summed E-state index contributed by atoms with van der Waals surface area (Å²) in [7, 11) is 1.46. The lowest BCUT2D eigenvalue weighted by Crippen LogP contribution is -2.54. The quantitative estimate of drug-likeness (QED) is 0.251. The molecule has 0 N–H and O–H groups in total. The molecular formula is C36H43Cl2NO3. The molecule has 3 aromatic rings. The van der Waals surface area contributed by atoms with Gasteiger partial charge in [-0.25, -0.2) is 0 Å². The maximum absolute atomic E-state index is 14.6. The van der Waals surface area contributed by atoms with Gasteiger partial charge >= 0.3 is 5.97 Å². The Hall–Kier alpha value is -2.56. The maximum atomic E-state index is 14.6. The van der Waals surface area contributed by atoms with Gasteiger partial charge in [0.15, 0.2) is 0 Å². The van der Waals surface area contributed by atoms with Crippen molar-refractivity contribution in [3.05, 3.63) is 80.8 Å². The molecule has 4 atom stereocenters. The van der Waals surface area contributed by atoms with Crippen LogP contribution in [0.1, 0.15) is 106 Å². The molecule has 4 nitrogen and oxygen atoms in total. The van der Waals surface area contributed by atoms with Gasteiger partial charge in [-0.05, 0) is 83.4 Å². The van der Waals surface area contributed by atoms with Gasteiger partial charge in [0.2, 0.25) is 0 Å². The highest BCUT2D eigenvalue weighted by molar-refractivity contribution is 6.38. The first kappa shape index (κ1) is 30.9. The standard InChI is InChI=1S/C36H43Cl2NO3/c1-7-23(26-14-13-24-11-8-9-12-25(24)19-26)15-18-39-21-29-35(4,16-10-17-36(29,5)34(41)42-6)27-20-28(37)30(22(2)3)32(38)31(27)33(39)40/h8-9,11-14,19-20,22-23,29H,7,10,15-18,21H2,1-6H3/t23?,29-,35-,36-/m1/s1. The average Bonchev–Trinajstić information content (AvgIpc) is 3.05. The number of nitrogens with zero attached hydrogens (tertiary/aromatic N) is 1. The Kier molecular flexibility index (Phi) is 8.71. The Morgan fingerprint density at radius 3 is 2.45 bits per heavy atom. The van der Waals surface area contributed by atoms with Crippen LogP contribution in [0.3, 0.4) is 0 Å². The van der Waals surface area contributed by atoms with E-state index in [9.17, 15) is 9.59 Å². The minimum Gasteiger partial charge on any atom is -0.469 e. The summed E-state index contributed by atoms with van der Waals surface area (Å²) >= 11 is 14.0. The number of halogens is 2. The molecule has 0 bridgehead atoms. The summed E-state index contributed by atoms with van der Waals surface area (Å²) in [6, 6.07) is 17.1. The molecule has 2 aliphatic rings. The topological polar surface area (TPSA) is 46.6 Å². The van der Waals surface area contributed by atoms with Crippen molar-refractivity contribution < 1.29 is 14.3 Å². The van der Waals surface area contributed by atoms with E-state index >= 15 is 0 Å². The van der Waals surface area contributed by atoms with Crippen LogP contribution in [0.15, 0.2) is 48.5 Å². The minimum atomic E-state index is -0.736. The Morgan fingerprint density at radius 1 is 1.07 bits per heavy atom. The van der Waals surface area contributed by atoms with Crippen molar-refractivity contribution in [2.45, 2.75) is 84.0 Å². The fraction of sp³-hybridized carbons (Fsp3) is 0.500.